The number of hydrogen-bond donors (Lipinski definition) is 2. The predicted molar refractivity (Wildman–Crippen MR) is 126 cm³/mol. The summed E-state index contributed by atoms with van der Waals surface area (Å²) in [7, 11) is 2.02. The normalized spacial score (nSPS) is 15.1. The van der Waals surface area contributed by atoms with Gasteiger partial charge in [0.15, 0.2) is 0 Å². The molecule has 0 fully saturated rings. The highest BCUT2D eigenvalue weighted by molar-refractivity contribution is 6.03. The van der Waals surface area contributed by atoms with E-state index in [4.69, 9.17) is 15.9 Å². The highest BCUT2D eigenvalue weighted by Gasteiger charge is 2.36. The SMILES string of the molecule is CN(CCCCN1C(=O)C(c2ccccc2C(=N)N)Oc2ccccc21)c1ccccn1. The number of amides is 1. The van der Waals surface area contributed by atoms with Gasteiger partial charge in [0, 0.05) is 37.5 Å². The van der Waals surface area contributed by atoms with Crippen LogP contribution in [-0.4, -0.2) is 36.9 Å². The molecule has 1 aliphatic heterocycles. The van der Waals surface area contributed by atoms with Crippen LogP contribution < -0.4 is 20.3 Å². The molecular formula is C25H27N5O2. The molecule has 1 amide bonds. The van der Waals surface area contributed by atoms with E-state index in [0.29, 0.717) is 23.4 Å². The topological polar surface area (TPSA) is 95.5 Å². The Morgan fingerprint density at radius 3 is 2.62 bits per heavy atom. The van der Waals surface area contributed by atoms with E-state index in [2.05, 4.69) is 9.88 Å². The third kappa shape index (κ3) is 4.42. The number of nitrogens with one attached hydrogen (secondary N) is 1. The van der Waals surface area contributed by atoms with Gasteiger partial charge in [0.2, 0.25) is 6.10 Å². The maximum absolute atomic E-state index is 13.5. The van der Waals surface area contributed by atoms with Gasteiger partial charge in [-0.05, 0) is 37.1 Å². The number of ether oxygens (including phenoxy) is 1. The van der Waals surface area contributed by atoms with Gasteiger partial charge < -0.3 is 20.3 Å². The van der Waals surface area contributed by atoms with E-state index in [0.717, 1.165) is 30.9 Å². The second-order valence-corrected chi connectivity index (χ2v) is 7.77. The Hall–Kier alpha value is -3.87. The van der Waals surface area contributed by atoms with Crippen LogP contribution in [0.15, 0.2) is 72.9 Å². The third-order valence-corrected chi connectivity index (χ3v) is 5.59. The number of unbranched alkanes of at least 4 members (excludes halogenated alkanes) is 1. The molecule has 7 heteroatoms. The van der Waals surface area contributed by atoms with Crippen molar-refractivity contribution in [2.45, 2.75) is 18.9 Å². The first kappa shape index (κ1) is 21.4. The largest absolute Gasteiger partial charge is 0.474 e. The van der Waals surface area contributed by atoms with Crippen molar-refractivity contribution in [1.29, 1.82) is 5.41 Å². The highest BCUT2D eigenvalue weighted by Crippen LogP contribution is 2.39. The molecule has 0 bridgehead atoms. The van der Waals surface area contributed by atoms with E-state index in [1.807, 2.05) is 55.6 Å². The summed E-state index contributed by atoms with van der Waals surface area (Å²) in [5.74, 6) is 1.36. The lowest BCUT2D eigenvalue weighted by Crippen LogP contribution is -2.42. The number of carbonyl (C=O) groups is 1. The average molecular weight is 430 g/mol. The van der Waals surface area contributed by atoms with Crippen molar-refractivity contribution < 1.29 is 9.53 Å². The van der Waals surface area contributed by atoms with Crippen molar-refractivity contribution in [3.63, 3.8) is 0 Å². The number of amidine groups is 1. The molecule has 0 spiro atoms. The minimum absolute atomic E-state index is 0.0834. The second-order valence-electron chi connectivity index (χ2n) is 7.77. The van der Waals surface area contributed by atoms with Gasteiger partial charge in [-0.3, -0.25) is 10.2 Å². The van der Waals surface area contributed by atoms with E-state index in [-0.39, 0.29) is 11.7 Å². The number of pyridine rings is 1. The van der Waals surface area contributed by atoms with Gasteiger partial charge in [-0.1, -0.05) is 42.5 Å². The first-order chi connectivity index (χ1) is 15.6. The Balaban J connectivity index is 1.50. The molecule has 1 aromatic heterocycles. The molecule has 3 aromatic rings. The lowest BCUT2D eigenvalue weighted by atomic mass is 9.98. The summed E-state index contributed by atoms with van der Waals surface area (Å²) in [5, 5.41) is 7.89. The van der Waals surface area contributed by atoms with Crippen molar-refractivity contribution in [2.24, 2.45) is 5.73 Å². The van der Waals surface area contributed by atoms with Crippen LogP contribution in [0.1, 0.15) is 30.1 Å². The molecule has 1 aliphatic rings. The molecule has 4 rings (SSSR count). The standard InChI is InChI=1S/C25H27N5O2/c1-29(22-14-6-7-15-28-22)16-8-9-17-30-20-12-4-5-13-21(20)32-23(25(30)31)18-10-2-3-11-19(18)24(26)27/h2-7,10-15,23H,8-9,16-17H2,1H3,(H3,26,27). The Morgan fingerprint density at radius 2 is 1.84 bits per heavy atom. The molecule has 7 nitrogen and oxygen atoms in total. The number of nitrogens with two attached hydrogens (primary N) is 1. The van der Waals surface area contributed by atoms with Crippen LogP contribution in [0.5, 0.6) is 5.75 Å². The number of aromatic nitrogens is 1. The Labute approximate surface area is 187 Å². The van der Waals surface area contributed by atoms with Crippen molar-refractivity contribution in [3.8, 4) is 5.75 Å². The molecular weight excluding hydrogens is 402 g/mol. The molecule has 0 saturated carbocycles. The second kappa shape index (κ2) is 9.51. The molecule has 3 N–H and O–H groups in total. The minimum Gasteiger partial charge on any atom is -0.474 e. The Kier molecular flexibility index (Phi) is 6.35. The van der Waals surface area contributed by atoms with Crippen LogP contribution in [0, 0.1) is 5.41 Å². The summed E-state index contributed by atoms with van der Waals surface area (Å²) < 4.78 is 6.09. The Bertz CT molecular complexity index is 1100. The highest BCUT2D eigenvalue weighted by atomic mass is 16.5. The van der Waals surface area contributed by atoms with E-state index >= 15 is 0 Å². The van der Waals surface area contributed by atoms with Gasteiger partial charge in [-0.2, -0.15) is 0 Å². The van der Waals surface area contributed by atoms with E-state index in [9.17, 15) is 4.79 Å². The summed E-state index contributed by atoms with van der Waals surface area (Å²) in [6, 6.07) is 20.6. The number of anilines is 2. The van der Waals surface area contributed by atoms with E-state index < -0.39 is 6.10 Å². The fourth-order valence-electron chi connectivity index (χ4n) is 3.93. The number of nitrogens with zero attached hydrogens (tertiary/aromatic N) is 3. The summed E-state index contributed by atoms with van der Waals surface area (Å²) in [6.07, 6.45) is 2.70. The summed E-state index contributed by atoms with van der Waals surface area (Å²) in [4.78, 5) is 21.8. The number of hydrogen-bond acceptors (Lipinski definition) is 5. The fraction of sp³-hybridized carbons (Fsp3) is 0.240. The van der Waals surface area contributed by atoms with Crippen molar-refractivity contribution in [2.75, 3.05) is 29.9 Å². The minimum atomic E-state index is -0.832. The number of carbonyl (C=O) groups excluding carboxylic acids is 1. The number of nitrogen functional groups attached to an aromatic ring is 1. The van der Waals surface area contributed by atoms with Gasteiger partial charge in [0.05, 0.1) is 5.69 Å². The first-order valence-corrected chi connectivity index (χ1v) is 10.7. The molecule has 1 atom stereocenters. The maximum Gasteiger partial charge on any atom is 0.272 e. The Morgan fingerprint density at radius 1 is 1.09 bits per heavy atom. The van der Waals surface area contributed by atoms with E-state index in [1.54, 1.807) is 29.3 Å². The molecule has 0 saturated heterocycles. The molecule has 2 aromatic carbocycles. The smallest absolute Gasteiger partial charge is 0.272 e. The van der Waals surface area contributed by atoms with Crippen molar-refractivity contribution in [1.82, 2.24) is 4.98 Å². The van der Waals surface area contributed by atoms with Crippen LogP contribution in [0.2, 0.25) is 0 Å². The van der Waals surface area contributed by atoms with Crippen LogP contribution in [0.4, 0.5) is 11.5 Å². The number of rotatable bonds is 8. The quantitative estimate of drug-likeness (QED) is 0.323. The summed E-state index contributed by atoms with van der Waals surface area (Å²) in [5.41, 5.74) is 7.66. The number of para-hydroxylation sites is 2. The molecule has 0 aliphatic carbocycles. The van der Waals surface area contributed by atoms with Gasteiger partial charge in [-0.15, -0.1) is 0 Å². The van der Waals surface area contributed by atoms with Gasteiger partial charge >= 0.3 is 0 Å². The van der Waals surface area contributed by atoms with Crippen molar-refractivity contribution >= 4 is 23.2 Å². The zero-order valence-corrected chi connectivity index (χ0v) is 18.1. The molecule has 0 radical (unpaired) electrons. The van der Waals surface area contributed by atoms with Gasteiger partial charge in [0.25, 0.3) is 5.91 Å². The predicted octanol–water partition coefficient (Wildman–Crippen LogP) is 3.75. The van der Waals surface area contributed by atoms with Crippen LogP contribution >= 0.6 is 0 Å². The number of fused-ring (bicyclic) bond motifs is 1. The zero-order chi connectivity index (χ0) is 22.5. The lowest BCUT2D eigenvalue weighted by Gasteiger charge is -2.35. The summed E-state index contributed by atoms with van der Waals surface area (Å²) in [6.45, 7) is 1.42. The van der Waals surface area contributed by atoms with E-state index in [1.165, 1.54) is 0 Å². The van der Waals surface area contributed by atoms with Crippen LogP contribution in [-0.2, 0) is 4.79 Å². The molecule has 1 unspecified atom stereocenters. The number of benzene rings is 2. The summed E-state index contributed by atoms with van der Waals surface area (Å²) >= 11 is 0. The lowest BCUT2D eigenvalue weighted by molar-refractivity contribution is -0.126. The monoisotopic (exact) mass is 429 g/mol. The van der Waals surface area contributed by atoms with Crippen LogP contribution in [0.25, 0.3) is 0 Å². The van der Waals surface area contributed by atoms with Crippen LogP contribution in [0.3, 0.4) is 0 Å². The van der Waals surface area contributed by atoms with Crippen molar-refractivity contribution in [3.05, 3.63) is 84.1 Å². The van der Waals surface area contributed by atoms with Gasteiger partial charge in [-0.25, -0.2) is 4.98 Å². The zero-order valence-electron chi connectivity index (χ0n) is 18.1. The fourth-order valence-corrected chi connectivity index (χ4v) is 3.93. The maximum atomic E-state index is 13.5. The molecule has 2 heterocycles. The van der Waals surface area contributed by atoms with Gasteiger partial charge in [0.1, 0.15) is 17.4 Å². The first-order valence-electron chi connectivity index (χ1n) is 10.7. The average Bonchev–Trinajstić information content (AvgIpc) is 2.83. The molecule has 164 valence electrons. The molecule has 32 heavy (non-hydrogen) atoms. The third-order valence-electron chi connectivity index (χ3n) is 5.59.